The van der Waals surface area contributed by atoms with Crippen molar-refractivity contribution in [3.8, 4) is 0 Å². The second-order valence-corrected chi connectivity index (χ2v) is 1.90. The van der Waals surface area contributed by atoms with Crippen LogP contribution in [0.2, 0.25) is 0 Å². The van der Waals surface area contributed by atoms with Gasteiger partial charge in [-0.3, -0.25) is 9.48 Å². The summed E-state index contributed by atoms with van der Waals surface area (Å²) in [4.78, 5) is 10.7. The van der Waals surface area contributed by atoms with E-state index in [1.165, 1.54) is 6.92 Å². The average molecular weight is 205 g/mol. The summed E-state index contributed by atoms with van der Waals surface area (Å²) in [6.07, 6.45) is 1.61. The van der Waals surface area contributed by atoms with Crippen molar-refractivity contribution in [1.82, 2.24) is 9.78 Å². The Morgan fingerprint density at radius 2 is 2.30 bits per heavy atom. The van der Waals surface area contributed by atoms with Crippen molar-refractivity contribution in [2.45, 2.75) is 6.92 Å². The van der Waals surface area contributed by atoms with E-state index < -0.39 is 0 Å². The van der Waals surface area contributed by atoms with E-state index in [4.69, 9.17) is 0 Å². The fourth-order valence-corrected chi connectivity index (χ4v) is 0.719. The maximum absolute atomic E-state index is 10.7. The third kappa shape index (κ3) is 1.67. The summed E-state index contributed by atoms with van der Waals surface area (Å²) in [7, 11) is 1.75. The first kappa shape index (κ1) is 9.36. The monoisotopic (exact) mass is 204 g/mol. The third-order valence-electron chi connectivity index (χ3n) is 1.18. The Kier molecular flexibility index (Phi) is 3.28. The molecule has 1 rings (SSSR count). The number of carbonyl (C=O) groups excluding carboxylic acids is 1. The number of Topliss-reactive ketones (excluding diaryl/α,β-unsaturated/α-hetero) is 1. The van der Waals surface area contributed by atoms with Crippen LogP contribution in [0.1, 0.15) is 17.4 Å². The second kappa shape index (κ2) is 3.51. The SMILES string of the molecule is Br.CC(=O)c1ccnn1C. The van der Waals surface area contributed by atoms with Gasteiger partial charge in [0.15, 0.2) is 5.78 Å². The molecule has 1 aromatic rings. The smallest absolute Gasteiger partial charge is 0.177 e. The highest BCUT2D eigenvalue weighted by Gasteiger charge is 2.00. The van der Waals surface area contributed by atoms with Gasteiger partial charge in [-0.1, -0.05) is 0 Å². The molecule has 0 bridgehead atoms. The van der Waals surface area contributed by atoms with Crippen molar-refractivity contribution < 1.29 is 4.79 Å². The summed E-state index contributed by atoms with van der Waals surface area (Å²) in [5, 5.41) is 3.83. The van der Waals surface area contributed by atoms with Crippen molar-refractivity contribution in [3.63, 3.8) is 0 Å². The fraction of sp³-hybridized carbons (Fsp3) is 0.333. The van der Waals surface area contributed by atoms with Crippen molar-refractivity contribution in [3.05, 3.63) is 18.0 Å². The number of aryl methyl sites for hydroxylation is 1. The summed E-state index contributed by atoms with van der Waals surface area (Å²) in [5.41, 5.74) is 0.648. The van der Waals surface area contributed by atoms with Gasteiger partial charge in [0.1, 0.15) is 5.69 Å². The number of aromatic nitrogens is 2. The second-order valence-electron chi connectivity index (χ2n) is 1.90. The number of nitrogens with zero attached hydrogens (tertiary/aromatic N) is 2. The first-order valence-electron chi connectivity index (χ1n) is 2.71. The molecule has 4 heteroatoms. The quantitative estimate of drug-likeness (QED) is 0.645. The summed E-state index contributed by atoms with van der Waals surface area (Å²) >= 11 is 0. The molecule has 0 N–H and O–H groups in total. The van der Waals surface area contributed by atoms with Crippen LogP contribution in [0.25, 0.3) is 0 Å². The van der Waals surface area contributed by atoms with Gasteiger partial charge in [0, 0.05) is 20.2 Å². The summed E-state index contributed by atoms with van der Waals surface area (Å²) in [6.45, 7) is 1.52. The molecule has 0 amide bonds. The third-order valence-corrected chi connectivity index (χ3v) is 1.18. The zero-order valence-electron chi connectivity index (χ0n) is 5.87. The lowest BCUT2D eigenvalue weighted by Gasteiger charge is -1.92. The zero-order chi connectivity index (χ0) is 6.85. The van der Waals surface area contributed by atoms with Crippen LogP contribution >= 0.6 is 17.0 Å². The lowest BCUT2D eigenvalue weighted by Crippen LogP contribution is -2.01. The largest absolute Gasteiger partial charge is 0.293 e. The van der Waals surface area contributed by atoms with Crippen molar-refractivity contribution >= 4 is 22.8 Å². The molecule has 0 spiro atoms. The normalized spacial score (nSPS) is 8.60. The van der Waals surface area contributed by atoms with Crippen LogP contribution in [0.15, 0.2) is 12.3 Å². The lowest BCUT2D eigenvalue weighted by atomic mass is 10.3. The van der Waals surface area contributed by atoms with Crippen molar-refractivity contribution in [2.24, 2.45) is 7.05 Å². The Labute approximate surface area is 69.8 Å². The molecule has 0 fully saturated rings. The molecule has 56 valence electrons. The van der Waals surface area contributed by atoms with E-state index in [1.54, 1.807) is 24.0 Å². The maximum Gasteiger partial charge on any atom is 0.177 e. The van der Waals surface area contributed by atoms with E-state index >= 15 is 0 Å². The highest BCUT2D eigenvalue weighted by molar-refractivity contribution is 8.93. The predicted molar refractivity (Wildman–Crippen MR) is 43.5 cm³/mol. The Hall–Kier alpha value is -0.640. The van der Waals surface area contributed by atoms with E-state index in [9.17, 15) is 4.79 Å². The molecule has 1 heterocycles. The maximum atomic E-state index is 10.7. The van der Waals surface area contributed by atoms with Gasteiger partial charge in [-0.15, -0.1) is 17.0 Å². The van der Waals surface area contributed by atoms with Gasteiger partial charge < -0.3 is 0 Å². The highest BCUT2D eigenvalue weighted by Crippen LogP contribution is 1.95. The lowest BCUT2D eigenvalue weighted by molar-refractivity contribution is 0.100. The van der Waals surface area contributed by atoms with Crippen LogP contribution in [0.5, 0.6) is 0 Å². The minimum absolute atomic E-state index is 0. The number of hydrogen-bond acceptors (Lipinski definition) is 2. The van der Waals surface area contributed by atoms with Crippen LogP contribution in [-0.4, -0.2) is 15.6 Å². The summed E-state index contributed by atoms with van der Waals surface area (Å²) in [5.74, 6) is 0.0509. The molecule has 0 radical (unpaired) electrons. The molecule has 0 aliphatic carbocycles. The summed E-state index contributed by atoms with van der Waals surface area (Å²) in [6, 6.07) is 1.70. The van der Waals surface area contributed by atoms with Gasteiger partial charge in [0.25, 0.3) is 0 Å². The van der Waals surface area contributed by atoms with E-state index in [1.807, 2.05) is 0 Å². The number of rotatable bonds is 1. The van der Waals surface area contributed by atoms with Gasteiger partial charge in [-0.05, 0) is 6.07 Å². The molecular formula is C6H9BrN2O. The van der Waals surface area contributed by atoms with Gasteiger partial charge >= 0.3 is 0 Å². The molecular weight excluding hydrogens is 196 g/mol. The highest BCUT2D eigenvalue weighted by atomic mass is 79.9. The number of ketones is 1. The molecule has 10 heavy (non-hydrogen) atoms. The molecule has 1 aromatic heterocycles. The standard InChI is InChI=1S/C6H8N2O.BrH/c1-5(9)6-3-4-7-8(6)2;/h3-4H,1-2H3;1H. The van der Waals surface area contributed by atoms with Gasteiger partial charge in [0.2, 0.25) is 0 Å². The van der Waals surface area contributed by atoms with E-state index in [0.29, 0.717) is 5.69 Å². The molecule has 0 aliphatic rings. The topological polar surface area (TPSA) is 34.9 Å². The Bertz CT molecular complexity index is 231. The number of carbonyl (C=O) groups is 1. The molecule has 0 aromatic carbocycles. The van der Waals surface area contributed by atoms with Gasteiger partial charge in [-0.25, -0.2) is 0 Å². The Morgan fingerprint density at radius 1 is 1.70 bits per heavy atom. The van der Waals surface area contributed by atoms with Gasteiger partial charge in [-0.2, -0.15) is 5.10 Å². The van der Waals surface area contributed by atoms with Crippen molar-refractivity contribution in [2.75, 3.05) is 0 Å². The predicted octanol–water partition coefficient (Wildman–Crippen LogP) is 1.20. The Morgan fingerprint density at radius 3 is 2.50 bits per heavy atom. The van der Waals surface area contributed by atoms with Crippen LogP contribution < -0.4 is 0 Å². The number of hydrogen-bond donors (Lipinski definition) is 0. The van der Waals surface area contributed by atoms with Crippen LogP contribution in [0.3, 0.4) is 0 Å². The van der Waals surface area contributed by atoms with Crippen LogP contribution in [0.4, 0.5) is 0 Å². The van der Waals surface area contributed by atoms with E-state index in [0.717, 1.165) is 0 Å². The van der Waals surface area contributed by atoms with E-state index in [2.05, 4.69) is 5.10 Å². The molecule has 0 aliphatic heterocycles. The number of halogens is 1. The van der Waals surface area contributed by atoms with Gasteiger partial charge in [0.05, 0.1) is 0 Å². The molecule has 0 atom stereocenters. The van der Waals surface area contributed by atoms with Crippen LogP contribution in [0, 0.1) is 0 Å². The Balaban J connectivity index is 0.000000810. The molecule has 0 unspecified atom stereocenters. The average Bonchev–Trinajstić information content (AvgIpc) is 2.13. The first-order valence-corrected chi connectivity index (χ1v) is 2.71. The van der Waals surface area contributed by atoms with Crippen LogP contribution in [-0.2, 0) is 7.05 Å². The van der Waals surface area contributed by atoms with E-state index in [-0.39, 0.29) is 22.8 Å². The van der Waals surface area contributed by atoms with Crippen molar-refractivity contribution in [1.29, 1.82) is 0 Å². The minimum atomic E-state index is 0. The first-order chi connectivity index (χ1) is 4.22. The molecule has 3 nitrogen and oxygen atoms in total. The minimum Gasteiger partial charge on any atom is -0.293 e. The summed E-state index contributed by atoms with van der Waals surface area (Å²) < 4.78 is 1.56. The molecule has 0 saturated carbocycles. The zero-order valence-corrected chi connectivity index (χ0v) is 7.58. The fourth-order valence-electron chi connectivity index (χ4n) is 0.719. The molecule has 0 saturated heterocycles.